The number of benzene rings is 2. The van der Waals surface area contributed by atoms with E-state index in [1.165, 1.54) is 4.90 Å². The number of nitrogens with one attached hydrogen (secondary N) is 2. The Labute approximate surface area is 168 Å². The van der Waals surface area contributed by atoms with Crippen LogP contribution in [0.5, 0.6) is 5.75 Å². The van der Waals surface area contributed by atoms with Crippen LogP contribution in [0.3, 0.4) is 0 Å². The fraction of sp³-hybridized carbons (Fsp3) is 0.143. The molecule has 0 aliphatic carbocycles. The summed E-state index contributed by atoms with van der Waals surface area (Å²) in [6.07, 6.45) is 1.59. The third-order valence-electron chi connectivity index (χ3n) is 4.23. The molecule has 0 spiro atoms. The number of nitrogen functional groups attached to an aromatic ring is 1. The number of carbonyl (C=O) groups excluding carboxylic acids is 1. The zero-order valence-electron chi connectivity index (χ0n) is 16.2. The van der Waals surface area contributed by atoms with Crippen molar-refractivity contribution in [1.82, 2.24) is 14.9 Å². The van der Waals surface area contributed by atoms with E-state index in [4.69, 9.17) is 15.9 Å². The van der Waals surface area contributed by atoms with Gasteiger partial charge in [0.05, 0.1) is 19.3 Å². The maximum Gasteiger partial charge on any atom is 0.327 e. The van der Waals surface area contributed by atoms with E-state index in [1.807, 2.05) is 36.4 Å². The number of amides is 2. The van der Waals surface area contributed by atoms with E-state index in [2.05, 4.69) is 15.3 Å². The Hall–Kier alpha value is -3.94. The van der Waals surface area contributed by atoms with Crippen LogP contribution in [-0.4, -0.2) is 33.8 Å². The van der Waals surface area contributed by atoms with Crippen molar-refractivity contribution in [2.75, 3.05) is 18.2 Å². The molecular formula is C21H22N6O2. The lowest BCUT2D eigenvalue weighted by atomic mass is 10.1. The van der Waals surface area contributed by atoms with E-state index in [1.54, 1.807) is 38.4 Å². The van der Waals surface area contributed by atoms with E-state index in [0.717, 1.165) is 11.1 Å². The fourth-order valence-corrected chi connectivity index (χ4v) is 2.75. The maximum atomic E-state index is 12.7. The van der Waals surface area contributed by atoms with Crippen molar-refractivity contribution in [3.63, 3.8) is 0 Å². The highest BCUT2D eigenvalue weighted by atomic mass is 16.5. The van der Waals surface area contributed by atoms with Crippen molar-refractivity contribution >= 4 is 23.5 Å². The number of hydrogen-bond donors (Lipinski definition) is 3. The zero-order valence-corrected chi connectivity index (χ0v) is 16.2. The van der Waals surface area contributed by atoms with Crippen molar-refractivity contribution in [3.8, 4) is 17.0 Å². The molecule has 8 nitrogen and oxygen atoms in total. The highest BCUT2D eigenvalue weighted by molar-refractivity contribution is 6.01. The molecule has 2 amide bonds. The Morgan fingerprint density at radius 1 is 1.21 bits per heavy atom. The van der Waals surface area contributed by atoms with Gasteiger partial charge in [0, 0.05) is 17.4 Å². The molecule has 0 saturated heterocycles. The standard InChI is InChI=1S/C21H22N6O2/c1-14(22)27(13-15-4-3-5-18(12-15)29-2)21(28)25-17-8-6-16(7-9-17)19-10-11-24-20(23)26-19/h3-12,22H,13H2,1-2H3,(H,25,28)(H2,23,24,26). The van der Waals surface area contributed by atoms with Crippen molar-refractivity contribution in [1.29, 1.82) is 5.41 Å². The third-order valence-corrected chi connectivity index (χ3v) is 4.23. The Kier molecular flexibility index (Phi) is 6.03. The van der Waals surface area contributed by atoms with Gasteiger partial charge in [-0.3, -0.25) is 10.3 Å². The molecule has 0 fully saturated rings. The zero-order chi connectivity index (χ0) is 20.8. The Bertz CT molecular complexity index is 1020. The first-order valence-electron chi connectivity index (χ1n) is 8.92. The Morgan fingerprint density at radius 2 is 1.97 bits per heavy atom. The number of ether oxygens (including phenoxy) is 1. The molecule has 4 N–H and O–H groups in total. The number of nitrogens with two attached hydrogens (primary N) is 1. The minimum Gasteiger partial charge on any atom is -0.497 e. The van der Waals surface area contributed by atoms with Crippen LogP contribution in [0.25, 0.3) is 11.3 Å². The van der Waals surface area contributed by atoms with Crippen molar-refractivity contribution in [2.45, 2.75) is 13.5 Å². The minimum absolute atomic E-state index is 0.137. The number of urea groups is 1. The van der Waals surface area contributed by atoms with Gasteiger partial charge in [-0.15, -0.1) is 0 Å². The van der Waals surface area contributed by atoms with Gasteiger partial charge in [0.1, 0.15) is 11.6 Å². The smallest absolute Gasteiger partial charge is 0.327 e. The van der Waals surface area contributed by atoms with Crippen LogP contribution in [0.1, 0.15) is 12.5 Å². The molecule has 1 aromatic heterocycles. The average molecular weight is 390 g/mol. The van der Waals surface area contributed by atoms with Gasteiger partial charge in [0.2, 0.25) is 5.95 Å². The lowest BCUT2D eigenvalue weighted by Gasteiger charge is -2.22. The summed E-state index contributed by atoms with van der Waals surface area (Å²) >= 11 is 0. The molecule has 148 valence electrons. The fourth-order valence-electron chi connectivity index (χ4n) is 2.75. The van der Waals surface area contributed by atoms with E-state index < -0.39 is 0 Å². The summed E-state index contributed by atoms with van der Waals surface area (Å²) in [5, 5.41) is 10.8. The molecular weight excluding hydrogens is 368 g/mol. The number of anilines is 2. The summed E-state index contributed by atoms with van der Waals surface area (Å²) in [6, 6.07) is 16.0. The summed E-state index contributed by atoms with van der Waals surface area (Å²) < 4.78 is 5.22. The lowest BCUT2D eigenvalue weighted by molar-refractivity contribution is 0.232. The molecule has 1 heterocycles. The summed E-state index contributed by atoms with van der Waals surface area (Å²) in [4.78, 5) is 22.1. The largest absolute Gasteiger partial charge is 0.497 e. The molecule has 3 aromatic rings. The van der Waals surface area contributed by atoms with Crippen molar-refractivity contribution in [2.24, 2.45) is 0 Å². The van der Waals surface area contributed by atoms with E-state index in [9.17, 15) is 4.79 Å². The van der Waals surface area contributed by atoms with Crippen LogP contribution in [-0.2, 0) is 6.54 Å². The summed E-state index contributed by atoms with van der Waals surface area (Å²) in [5.74, 6) is 1.04. The SMILES string of the molecule is COc1cccc(CN(C(C)=N)C(=O)Nc2ccc(-c3ccnc(N)n3)cc2)c1. The highest BCUT2D eigenvalue weighted by Gasteiger charge is 2.17. The topological polar surface area (TPSA) is 117 Å². The second-order valence-corrected chi connectivity index (χ2v) is 6.33. The van der Waals surface area contributed by atoms with Crippen LogP contribution in [0.15, 0.2) is 60.8 Å². The molecule has 0 aliphatic rings. The first-order chi connectivity index (χ1) is 14.0. The number of nitrogens with zero attached hydrogens (tertiary/aromatic N) is 3. The second kappa shape index (κ2) is 8.83. The van der Waals surface area contributed by atoms with Gasteiger partial charge in [-0.25, -0.2) is 14.8 Å². The van der Waals surface area contributed by atoms with Gasteiger partial charge in [0.25, 0.3) is 0 Å². The number of carbonyl (C=O) groups is 1. The Morgan fingerprint density at radius 3 is 2.62 bits per heavy atom. The second-order valence-electron chi connectivity index (χ2n) is 6.33. The number of aromatic nitrogens is 2. The van der Waals surface area contributed by atoms with Crippen LogP contribution in [0.2, 0.25) is 0 Å². The van der Waals surface area contributed by atoms with Crippen molar-refractivity contribution < 1.29 is 9.53 Å². The van der Waals surface area contributed by atoms with Crippen LogP contribution in [0, 0.1) is 5.41 Å². The first kappa shape index (κ1) is 19.8. The molecule has 0 saturated carbocycles. The quantitative estimate of drug-likeness (QED) is 0.453. The lowest BCUT2D eigenvalue weighted by Crippen LogP contribution is -2.37. The van der Waals surface area contributed by atoms with Crippen molar-refractivity contribution in [3.05, 3.63) is 66.4 Å². The third kappa shape index (κ3) is 5.07. The number of methoxy groups -OCH3 is 1. The van der Waals surface area contributed by atoms with Gasteiger partial charge in [-0.2, -0.15) is 0 Å². The van der Waals surface area contributed by atoms with Crippen LogP contribution >= 0.6 is 0 Å². The summed E-state index contributed by atoms with van der Waals surface area (Å²) in [5.41, 5.74) is 8.65. The van der Waals surface area contributed by atoms with E-state index >= 15 is 0 Å². The molecule has 29 heavy (non-hydrogen) atoms. The number of rotatable bonds is 5. The molecule has 8 heteroatoms. The molecule has 2 aromatic carbocycles. The van der Waals surface area contributed by atoms with Gasteiger partial charge >= 0.3 is 6.03 Å². The van der Waals surface area contributed by atoms with E-state index in [-0.39, 0.29) is 24.4 Å². The van der Waals surface area contributed by atoms with Gasteiger partial charge in [0.15, 0.2) is 0 Å². The summed E-state index contributed by atoms with van der Waals surface area (Å²) in [6.45, 7) is 1.83. The monoisotopic (exact) mass is 390 g/mol. The molecule has 3 rings (SSSR count). The normalized spacial score (nSPS) is 10.3. The predicted molar refractivity (Wildman–Crippen MR) is 113 cm³/mol. The van der Waals surface area contributed by atoms with Crippen LogP contribution in [0.4, 0.5) is 16.4 Å². The first-order valence-corrected chi connectivity index (χ1v) is 8.92. The summed E-state index contributed by atoms with van der Waals surface area (Å²) in [7, 11) is 1.59. The number of amidine groups is 1. The van der Waals surface area contributed by atoms with Crippen LogP contribution < -0.4 is 15.8 Å². The maximum absolute atomic E-state index is 12.7. The minimum atomic E-state index is -0.389. The van der Waals surface area contributed by atoms with E-state index in [0.29, 0.717) is 17.1 Å². The van der Waals surface area contributed by atoms with Gasteiger partial charge < -0.3 is 15.8 Å². The molecule has 0 bridgehead atoms. The molecule has 0 atom stereocenters. The average Bonchev–Trinajstić information content (AvgIpc) is 2.72. The Balaban J connectivity index is 1.71. The molecule has 0 aliphatic heterocycles. The predicted octanol–water partition coefficient (Wildman–Crippen LogP) is 3.77. The number of hydrogen-bond acceptors (Lipinski definition) is 6. The van der Waals surface area contributed by atoms with Gasteiger partial charge in [-0.05, 0) is 42.8 Å². The highest BCUT2D eigenvalue weighted by Crippen LogP contribution is 2.20. The molecule has 0 unspecified atom stereocenters. The van der Waals surface area contributed by atoms with Gasteiger partial charge in [-0.1, -0.05) is 24.3 Å². The molecule has 0 radical (unpaired) electrons.